The lowest BCUT2D eigenvalue weighted by atomic mass is 9.48. The van der Waals surface area contributed by atoms with E-state index in [0.29, 0.717) is 25.7 Å². The van der Waals surface area contributed by atoms with Crippen molar-refractivity contribution in [2.75, 3.05) is 6.61 Å². The van der Waals surface area contributed by atoms with E-state index >= 15 is 0 Å². The summed E-state index contributed by atoms with van der Waals surface area (Å²) in [6.07, 6.45) is -34.8. The largest absolute Gasteiger partial charge is 0.397 e. The van der Waals surface area contributed by atoms with Crippen LogP contribution in [0.1, 0.15) is 93.4 Å². The van der Waals surface area contributed by atoms with Crippen molar-refractivity contribution in [1.29, 1.82) is 0 Å². The van der Waals surface area contributed by atoms with Crippen LogP contribution in [0.25, 0.3) is 0 Å². The van der Waals surface area contributed by atoms with Gasteiger partial charge in [-0.25, -0.2) is 4.18 Å². The van der Waals surface area contributed by atoms with Gasteiger partial charge >= 0.3 is 10.4 Å². The van der Waals surface area contributed by atoms with Gasteiger partial charge in [-0.2, -0.15) is 8.42 Å². The topological polar surface area (TPSA) is 396 Å². The maximum Gasteiger partial charge on any atom is 0.397 e. The van der Waals surface area contributed by atoms with E-state index < -0.39 is 188 Å². The fraction of sp³-hybridized carbons (Fsp3) is 0.940. The number of carbonyl (C=O) groups is 1. The Hall–Kier alpha value is -1.56. The Kier molecular flexibility index (Phi) is 17.8. The maximum atomic E-state index is 13.0. The van der Waals surface area contributed by atoms with Gasteiger partial charge in [0.1, 0.15) is 97.3 Å². The quantitative estimate of drug-likeness (QED) is 0.0654. The summed E-state index contributed by atoms with van der Waals surface area (Å²) in [5, 5.41) is 122. The third-order valence-electron chi connectivity index (χ3n) is 18.8. The number of carbonyl (C=O) groups excluding carboxylic acids is 1. The Bertz CT molecular complexity index is 2210. The third kappa shape index (κ3) is 11.4. The van der Waals surface area contributed by atoms with E-state index in [1.807, 2.05) is 0 Å². The second-order valence-corrected chi connectivity index (χ2v) is 24.6. The molecule has 9 rings (SSSR count). The maximum absolute atomic E-state index is 13.0. The fourth-order valence-corrected chi connectivity index (χ4v) is 14.8. The van der Waals surface area contributed by atoms with Crippen LogP contribution in [0.15, 0.2) is 11.6 Å². The zero-order valence-corrected chi connectivity index (χ0v) is 44.9. The van der Waals surface area contributed by atoms with Gasteiger partial charge in [0.25, 0.3) is 0 Å². The zero-order valence-electron chi connectivity index (χ0n) is 44.0. The molecule has 0 aromatic heterocycles. The molecule has 9 aliphatic rings. The minimum absolute atomic E-state index is 0.0701. The van der Waals surface area contributed by atoms with Crippen molar-refractivity contribution in [2.24, 2.45) is 34.5 Å². The van der Waals surface area contributed by atoms with Gasteiger partial charge in [0.15, 0.2) is 31.5 Å². The molecule has 0 radical (unpaired) electrons. The molecule has 26 nitrogen and oxygen atoms in total. The molecule has 32 atom stereocenters. The number of hydrogen-bond acceptors (Lipinski definition) is 25. The molecule has 5 saturated heterocycles. The molecular formula is C50H80O26S. The fourth-order valence-electron chi connectivity index (χ4n) is 14.3. The van der Waals surface area contributed by atoms with Crippen LogP contribution in [0.2, 0.25) is 0 Å². The molecule has 0 spiro atoms. The summed E-state index contributed by atoms with van der Waals surface area (Å²) in [4.78, 5) is 13.0. The molecule has 0 aromatic rings. The average Bonchev–Trinajstić information content (AvgIpc) is 3.99. The van der Waals surface area contributed by atoms with Gasteiger partial charge < -0.3 is 104 Å². The van der Waals surface area contributed by atoms with E-state index in [0.717, 1.165) is 12.8 Å². The van der Waals surface area contributed by atoms with Gasteiger partial charge in [-0.15, -0.1) is 0 Å². The van der Waals surface area contributed by atoms with Crippen LogP contribution in [-0.4, -0.2) is 241 Å². The van der Waals surface area contributed by atoms with Gasteiger partial charge in [0.05, 0.1) is 43.2 Å². The first kappa shape index (κ1) is 60.0. The number of Topliss-reactive ketones (excluding diaryl/α,β-unsaturated/α-hetero) is 1. The van der Waals surface area contributed by atoms with Crippen LogP contribution >= 0.6 is 0 Å². The SMILES string of the molecule is CC(=O)[C@H]1CC[C@H]2[C@@H]3C[C@H](O[C@@H]4O[C@H](C)[C@@H](O)[C@H](O[C@@H]5OC[C@@H](O[C@@H]6O[C@H](C)[C@@H](O)[C@H](O)[C@H]6O[C@@H]6O[C@H](C)[C@H](O)[C@H](O)[C@H]6O)[C@H](O)[C@H]5O[C@@H]5O[C@H](C)[C@@H](O)[C@H](O)[C@H]5O)[C@H]4O)[C@H]4C[C@@H](OS(=O)(=O)O)CC[C@]4(C)C3=CC[C@]12C. The number of aliphatic hydroxyl groups excluding tert-OH is 11. The van der Waals surface area contributed by atoms with Crippen molar-refractivity contribution in [1.82, 2.24) is 0 Å². The Labute approximate surface area is 446 Å². The van der Waals surface area contributed by atoms with Crippen molar-refractivity contribution in [3.05, 3.63) is 11.6 Å². The summed E-state index contributed by atoms with van der Waals surface area (Å²) < 4.78 is 99.9. The summed E-state index contributed by atoms with van der Waals surface area (Å²) >= 11 is 0. The van der Waals surface area contributed by atoms with Gasteiger partial charge in [-0.3, -0.25) is 9.35 Å². The van der Waals surface area contributed by atoms with Crippen LogP contribution in [0, 0.1) is 34.5 Å². The van der Waals surface area contributed by atoms with E-state index in [9.17, 15) is 73.9 Å². The number of ether oxygens (including phenoxy) is 10. The molecule has 77 heavy (non-hydrogen) atoms. The Balaban J connectivity index is 0.976. The minimum atomic E-state index is -4.84. The highest BCUT2D eigenvalue weighted by atomic mass is 32.3. The highest BCUT2D eigenvalue weighted by molar-refractivity contribution is 7.80. The molecule has 27 heteroatoms. The summed E-state index contributed by atoms with van der Waals surface area (Å²) in [5.41, 5.74) is 0.279. The lowest BCUT2D eigenvalue weighted by Crippen LogP contribution is -2.66. The summed E-state index contributed by atoms with van der Waals surface area (Å²) in [6.45, 7) is 11.0. The van der Waals surface area contributed by atoms with Crippen LogP contribution in [0.3, 0.4) is 0 Å². The first-order chi connectivity index (χ1) is 36.0. The normalized spacial score (nSPS) is 54.4. The Morgan fingerprint density at radius 2 is 1.06 bits per heavy atom. The van der Waals surface area contributed by atoms with Gasteiger partial charge in [-0.05, 0) is 108 Å². The summed E-state index contributed by atoms with van der Waals surface area (Å²) in [6, 6.07) is 0. The van der Waals surface area contributed by atoms with Crippen LogP contribution in [0.5, 0.6) is 0 Å². The molecule has 0 amide bonds. The minimum Gasteiger partial charge on any atom is -0.388 e. The molecule has 442 valence electrons. The predicted octanol–water partition coefficient (Wildman–Crippen LogP) is -2.82. The van der Waals surface area contributed by atoms with Gasteiger partial charge in [0, 0.05) is 5.92 Å². The summed E-state index contributed by atoms with van der Waals surface area (Å²) in [5.74, 6) is -0.452. The molecule has 3 saturated carbocycles. The van der Waals surface area contributed by atoms with E-state index in [1.165, 1.54) is 33.3 Å². The molecule has 8 fully saturated rings. The van der Waals surface area contributed by atoms with E-state index in [2.05, 4.69) is 19.9 Å². The van der Waals surface area contributed by atoms with Crippen molar-refractivity contribution < 1.29 is 125 Å². The van der Waals surface area contributed by atoms with Crippen molar-refractivity contribution in [3.8, 4) is 0 Å². The molecule has 0 bridgehead atoms. The molecule has 12 N–H and O–H groups in total. The lowest BCUT2D eigenvalue weighted by Gasteiger charge is -2.59. The Morgan fingerprint density at radius 1 is 0.558 bits per heavy atom. The van der Waals surface area contributed by atoms with Crippen LogP contribution < -0.4 is 0 Å². The van der Waals surface area contributed by atoms with Gasteiger partial charge in [0.2, 0.25) is 0 Å². The van der Waals surface area contributed by atoms with Crippen molar-refractivity contribution in [3.63, 3.8) is 0 Å². The Morgan fingerprint density at radius 3 is 1.64 bits per heavy atom. The number of hydrogen-bond donors (Lipinski definition) is 12. The number of ketones is 1. The third-order valence-corrected chi connectivity index (χ3v) is 19.3. The monoisotopic (exact) mass is 1130 g/mol. The second kappa shape index (κ2) is 22.9. The number of aliphatic hydroxyl groups is 11. The number of allylic oxidation sites excluding steroid dienone is 2. The highest BCUT2D eigenvalue weighted by Gasteiger charge is 2.62. The molecule has 5 heterocycles. The summed E-state index contributed by atoms with van der Waals surface area (Å²) in [7, 11) is -4.84. The molecular weight excluding hydrogens is 1050 g/mol. The number of rotatable bonds is 13. The first-order valence-corrected chi connectivity index (χ1v) is 28.3. The van der Waals surface area contributed by atoms with Crippen LogP contribution in [0.4, 0.5) is 0 Å². The average molecular weight is 1130 g/mol. The lowest BCUT2D eigenvalue weighted by molar-refractivity contribution is -0.397. The smallest absolute Gasteiger partial charge is 0.388 e. The van der Waals surface area contributed by atoms with E-state index in [-0.39, 0.29) is 35.4 Å². The van der Waals surface area contributed by atoms with Crippen molar-refractivity contribution in [2.45, 2.75) is 253 Å². The van der Waals surface area contributed by atoms with Crippen molar-refractivity contribution >= 4 is 16.2 Å². The molecule has 5 aliphatic heterocycles. The standard InChI is InChI=1S/C50H80O26S/c1-17(51)24-8-9-25-23-15-28(27-14-22(76-77(63,64)65)10-12-50(27,7)26(23)11-13-49(24,25)6)71-46-40(62)41(33(55)21(5)69-46)73-47-42(74-44-38(60)35(57)30(52)18(2)67-44)34(56)29(16-66-47)72-48-43(37(59)32(54)20(4)70-48)75-45-39(61)36(58)31(53)19(3)68-45/h11,18-25,27-48,52-62H,8-10,12-16H2,1-7H3,(H,63,64,65)/t18-,19-,20-,21-,22+,23+,24-,25+,27-,28+,29-,30-,31+,32-,33-,34+,35+,36+,37+,38-,39-,40-,41+,42-,43-,44+,45+,46+,47+,48+,49-,50-/m1/s1. The predicted molar refractivity (Wildman–Crippen MR) is 255 cm³/mol. The molecule has 0 unspecified atom stereocenters. The van der Waals surface area contributed by atoms with E-state index in [1.54, 1.807) is 6.92 Å². The molecule has 4 aliphatic carbocycles. The van der Waals surface area contributed by atoms with Gasteiger partial charge in [-0.1, -0.05) is 25.5 Å². The van der Waals surface area contributed by atoms with Crippen LogP contribution in [-0.2, 0) is 66.7 Å². The number of fused-ring (bicyclic) bond motifs is 5. The first-order valence-electron chi connectivity index (χ1n) is 26.9. The molecule has 0 aromatic carbocycles. The zero-order chi connectivity index (χ0) is 56.1. The second-order valence-electron chi connectivity index (χ2n) is 23.6. The highest BCUT2D eigenvalue weighted by Crippen LogP contribution is 2.66. The van der Waals surface area contributed by atoms with E-state index in [4.69, 9.17) is 51.6 Å².